The predicted octanol–water partition coefficient (Wildman–Crippen LogP) is 1.48. The molecule has 2 rings (SSSR count). The lowest BCUT2D eigenvalue weighted by atomic mass is 10.1. The molecule has 7 heteroatoms. The third-order valence-electron chi connectivity index (χ3n) is 2.57. The molecule has 0 radical (unpaired) electrons. The van der Waals surface area contributed by atoms with Gasteiger partial charge in [-0.3, -0.25) is 9.48 Å². The van der Waals surface area contributed by atoms with E-state index in [0.29, 0.717) is 17.4 Å². The largest absolute Gasteiger partial charge is 0.481 e. The van der Waals surface area contributed by atoms with Gasteiger partial charge in [-0.05, 0) is 0 Å². The van der Waals surface area contributed by atoms with Crippen molar-refractivity contribution in [3.05, 3.63) is 29.7 Å². The van der Waals surface area contributed by atoms with E-state index in [4.69, 9.17) is 22.1 Å². The van der Waals surface area contributed by atoms with E-state index in [2.05, 4.69) is 10.1 Å². The molecule has 100 valence electrons. The van der Waals surface area contributed by atoms with Crippen LogP contribution in [0.5, 0.6) is 5.88 Å². The predicted molar refractivity (Wildman–Crippen MR) is 70.8 cm³/mol. The minimum atomic E-state index is -0.360. The number of methoxy groups -OCH3 is 1. The molecule has 0 spiro atoms. The van der Waals surface area contributed by atoms with Gasteiger partial charge in [-0.2, -0.15) is 5.10 Å². The molecule has 2 heterocycles. The van der Waals surface area contributed by atoms with Gasteiger partial charge in [-0.25, -0.2) is 4.98 Å². The summed E-state index contributed by atoms with van der Waals surface area (Å²) in [7, 11) is 1.54. The molecule has 2 aromatic heterocycles. The zero-order valence-corrected chi connectivity index (χ0v) is 11.1. The van der Waals surface area contributed by atoms with Crippen LogP contribution in [0.2, 0.25) is 5.02 Å². The van der Waals surface area contributed by atoms with Crippen LogP contribution in [0, 0.1) is 0 Å². The van der Waals surface area contributed by atoms with E-state index >= 15 is 0 Å². The number of carbonyl (C=O) groups excluding carboxylic acids is 1. The normalized spacial score (nSPS) is 10.4. The average molecular weight is 281 g/mol. The van der Waals surface area contributed by atoms with Crippen molar-refractivity contribution in [3.8, 4) is 17.0 Å². The molecule has 0 aliphatic carbocycles. The van der Waals surface area contributed by atoms with Crippen molar-refractivity contribution in [1.82, 2.24) is 14.8 Å². The Labute approximate surface area is 115 Å². The summed E-state index contributed by atoms with van der Waals surface area (Å²) in [4.78, 5) is 14.7. The highest BCUT2D eigenvalue weighted by Crippen LogP contribution is 2.29. The van der Waals surface area contributed by atoms with Gasteiger partial charge in [0.25, 0.3) is 0 Å². The Bertz CT molecular complexity index is 597. The zero-order valence-electron chi connectivity index (χ0n) is 10.3. The Hall–Kier alpha value is -2.08. The summed E-state index contributed by atoms with van der Waals surface area (Å²) in [6, 6.07) is 1.73. The molecule has 2 aromatic rings. The van der Waals surface area contributed by atoms with Crippen LogP contribution < -0.4 is 10.5 Å². The maximum Gasteiger partial charge on any atom is 0.219 e. The summed E-state index contributed by atoms with van der Waals surface area (Å²) in [5.41, 5.74) is 6.70. The van der Waals surface area contributed by atoms with Gasteiger partial charge in [-0.1, -0.05) is 11.6 Å². The number of halogens is 1. The van der Waals surface area contributed by atoms with E-state index in [9.17, 15) is 4.79 Å². The maximum atomic E-state index is 10.7. The molecular formula is C12H13ClN4O2. The van der Waals surface area contributed by atoms with Crippen molar-refractivity contribution < 1.29 is 9.53 Å². The van der Waals surface area contributed by atoms with Gasteiger partial charge in [-0.15, -0.1) is 0 Å². The third-order valence-corrected chi connectivity index (χ3v) is 2.87. The molecule has 6 nitrogen and oxygen atoms in total. The highest BCUT2D eigenvalue weighted by molar-refractivity contribution is 6.33. The number of carbonyl (C=O) groups is 1. The van der Waals surface area contributed by atoms with Gasteiger partial charge < -0.3 is 10.5 Å². The summed E-state index contributed by atoms with van der Waals surface area (Å²) >= 11 is 6.10. The van der Waals surface area contributed by atoms with Gasteiger partial charge in [0, 0.05) is 36.4 Å². The first kappa shape index (κ1) is 13.4. The second kappa shape index (κ2) is 5.71. The van der Waals surface area contributed by atoms with Crippen molar-refractivity contribution in [3.63, 3.8) is 0 Å². The molecule has 0 aliphatic rings. The Kier molecular flexibility index (Phi) is 4.01. The number of nitrogens with two attached hydrogens (primary N) is 1. The summed E-state index contributed by atoms with van der Waals surface area (Å²) in [6.45, 7) is 0.440. The molecule has 19 heavy (non-hydrogen) atoms. The number of hydrogen-bond acceptors (Lipinski definition) is 4. The van der Waals surface area contributed by atoms with Crippen LogP contribution in [0.25, 0.3) is 11.1 Å². The summed E-state index contributed by atoms with van der Waals surface area (Å²) in [6.07, 6.45) is 5.23. The topological polar surface area (TPSA) is 83.0 Å². The van der Waals surface area contributed by atoms with Gasteiger partial charge in [0.05, 0.1) is 24.5 Å². The Morgan fingerprint density at radius 2 is 2.32 bits per heavy atom. The van der Waals surface area contributed by atoms with Crippen LogP contribution in [-0.4, -0.2) is 27.8 Å². The molecule has 0 aromatic carbocycles. The molecule has 2 N–H and O–H groups in total. The lowest BCUT2D eigenvalue weighted by Gasteiger charge is -2.03. The first-order valence-electron chi connectivity index (χ1n) is 5.61. The monoisotopic (exact) mass is 280 g/mol. The number of nitrogens with zero attached hydrogens (tertiary/aromatic N) is 3. The van der Waals surface area contributed by atoms with E-state index < -0.39 is 0 Å². The van der Waals surface area contributed by atoms with Crippen molar-refractivity contribution in [2.75, 3.05) is 7.11 Å². The Balaban J connectivity index is 2.24. The summed E-state index contributed by atoms with van der Waals surface area (Å²) in [5, 5.41) is 4.66. The molecule has 0 saturated heterocycles. The first-order valence-corrected chi connectivity index (χ1v) is 5.98. The Morgan fingerprint density at radius 3 is 3.00 bits per heavy atom. The van der Waals surface area contributed by atoms with Crippen LogP contribution in [0.4, 0.5) is 0 Å². The summed E-state index contributed by atoms with van der Waals surface area (Å²) in [5.74, 6) is 0.116. The first-order chi connectivity index (χ1) is 9.10. The third kappa shape index (κ3) is 3.23. The molecule has 0 aliphatic heterocycles. The van der Waals surface area contributed by atoms with Crippen molar-refractivity contribution in [2.45, 2.75) is 13.0 Å². The van der Waals surface area contributed by atoms with Crippen LogP contribution in [0.1, 0.15) is 6.42 Å². The second-order valence-corrected chi connectivity index (χ2v) is 4.32. The molecule has 1 amide bonds. The van der Waals surface area contributed by atoms with Gasteiger partial charge in [0.2, 0.25) is 11.8 Å². The lowest BCUT2D eigenvalue weighted by molar-refractivity contribution is -0.118. The molecule has 0 unspecified atom stereocenters. The fourth-order valence-electron chi connectivity index (χ4n) is 1.60. The van der Waals surface area contributed by atoms with Crippen LogP contribution in [0.3, 0.4) is 0 Å². The van der Waals surface area contributed by atoms with Crippen molar-refractivity contribution in [1.29, 1.82) is 0 Å². The quantitative estimate of drug-likeness (QED) is 0.899. The van der Waals surface area contributed by atoms with Crippen LogP contribution in [0.15, 0.2) is 24.7 Å². The van der Waals surface area contributed by atoms with E-state index in [1.54, 1.807) is 23.1 Å². The van der Waals surface area contributed by atoms with E-state index in [0.717, 1.165) is 11.1 Å². The SMILES string of the molecule is COc1cc(-c2cnn(CCC(N)=O)c2)c(Cl)cn1. The number of ether oxygens (including phenoxy) is 1. The molecule has 0 bridgehead atoms. The minimum absolute atomic E-state index is 0.245. The number of pyridine rings is 1. The number of primary amides is 1. The fourth-order valence-corrected chi connectivity index (χ4v) is 1.81. The standard InChI is InChI=1S/C12H13ClN4O2/c1-19-12-4-9(10(13)6-15-12)8-5-16-17(7-8)3-2-11(14)18/h4-7H,2-3H2,1H3,(H2,14,18). The minimum Gasteiger partial charge on any atom is -0.481 e. The van der Waals surface area contributed by atoms with Gasteiger partial charge in [0.1, 0.15) is 0 Å². The number of aromatic nitrogens is 3. The van der Waals surface area contributed by atoms with Crippen LogP contribution >= 0.6 is 11.6 Å². The number of rotatable bonds is 5. The van der Waals surface area contributed by atoms with E-state index in [1.807, 2.05) is 0 Å². The molecular weight excluding hydrogens is 268 g/mol. The Morgan fingerprint density at radius 1 is 1.53 bits per heavy atom. The average Bonchev–Trinajstić information content (AvgIpc) is 2.85. The number of amides is 1. The highest BCUT2D eigenvalue weighted by Gasteiger charge is 2.09. The maximum absolute atomic E-state index is 10.7. The highest BCUT2D eigenvalue weighted by atomic mass is 35.5. The summed E-state index contributed by atoms with van der Waals surface area (Å²) < 4.78 is 6.70. The smallest absolute Gasteiger partial charge is 0.219 e. The van der Waals surface area contributed by atoms with Crippen molar-refractivity contribution >= 4 is 17.5 Å². The van der Waals surface area contributed by atoms with E-state index in [1.165, 1.54) is 13.3 Å². The zero-order chi connectivity index (χ0) is 13.8. The molecule has 0 fully saturated rings. The van der Waals surface area contributed by atoms with Crippen LogP contribution in [-0.2, 0) is 11.3 Å². The molecule has 0 atom stereocenters. The molecule has 0 saturated carbocycles. The van der Waals surface area contributed by atoms with Crippen molar-refractivity contribution in [2.24, 2.45) is 5.73 Å². The van der Waals surface area contributed by atoms with Gasteiger partial charge in [0.15, 0.2) is 0 Å². The second-order valence-electron chi connectivity index (χ2n) is 3.91. The number of aryl methyl sites for hydroxylation is 1. The lowest BCUT2D eigenvalue weighted by Crippen LogP contribution is -2.13. The number of hydrogen-bond donors (Lipinski definition) is 1. The van der Waals surface area contributed by atoms with E-state index in [-0.39, 0.29) is 12.3 Å². The van der Waals surface area contributed by atoms with Gasteiger partial charge >= 0.3 is 0 Å². The fraction of sp³-hybridized carbons (Fsp3) is 0.250.